The number of rotatable bonds is 3. The van der Waals surface area contributed by atoms with Gasteiger partial charge in [0.05, 0.1) is 0 Å². The summed E-state index contributed by atoms with van der Waals surface area (Å²) in [4.78, 5) is 5.36. The monoisotopic (exact) mass is 272 g/mol. The summed E-state index contributed by atoms with van der Waals surface area (Å²) >= 11 is 1.79. The minimum atomic E-state index is 0.205. The van der Waals surface area contributed by atoms with Crippen molar-refractivity contribution in [3.8, 4) is 0 Å². The van der Waals surface area contributed by atoms with Crippen molar-refractivity contribution in [2.45, 2.75) is 36.8 Å². The van der Waals surface area contributed by atoms with Crippen LogP contribution in [0.3, 0.4) is 0 Å². The second kappa shape index (κ2) is 5.66. The van der Waals surface area contributed by atoms with Gasteiger partial charge in [0.15, 0.2) is 0 Å². The minimum absolute atomic E-state index is 0.205. The van der Waals surface area contributed by atoms with Gasteiger partial charge in [0.25, 0.3) is 0 Å². The van der Waals surface area contributed by atoms with Gasteiger partial charge in [0.1, 0.15) is 5.82 Å². The molecule has 2 aromatic rings. The third-order valence-corrected chi connectivity index (χ3v) is 4.10. The molecule has 2 nitrogen and oxygen atoms in total. The number of anilines is 1. The third kappa shape index (κ3) is 3.74. The number of nitrogens with two attached hydrogens (primary N) is 1. The zero-order valence-electron chi connectivity index (χ0n) is 11.7. The zero-order chi connectivity index (χ0) is 13.9. The van der Waals surface area contributed by atoms with Crippen LogP contribution in [-0.4, -0.2) is 4.98 Å². The molecule has 2 N–H and O–H groups in total. The van der Waals surface area contributed by atoms with Crippen LogP contribution in [0.4, 0.5) is 5.82 Å². The van der Waals surface area contributed by atoms with E-state index in [0.29, 0.717) is 5.82 Å². The van der Waals surface area contributed by atoms with E-state index in [0.717, 1.165) is 11.3 Å². The number of pyridine rings is 1. The second-order valence-corrected chi connectivity index (χ2v) is 6.66. The van der Waals surface area contributed by atoms with E-state index >= 15 is 0 Å². The highest BCUT2D eigenvalue weighted by Crippen LogP contribution is 2.28. The Morgan fingerprint density at radius 1 is 1.11 bits per heavy atom. The molecule has 0 spiro atoms. The van der Waals surface area contributed by atoms with Crippen LogP contribution < -0.4 is 5.73 Å². The average molecular weight is 272 g/mol. The molecule has 0 bridgehead atoms. The van der Waals surface area contributed by atoms with Crippen molar-refractivity contribution in [2.75, 3.05) is 5.73 Å². The fourth-order valence-electron chi connectivity index (χ4n) is 1.79. The van der Waals surface area contributed by atoms with Crippen LogP contribution in [-0.2, 0) is 11.2 Å². The standard InChI is InChI=1S/C16H20N2S/c1-16(2,3)13-6-8-14(9-7-13)19-11-12-5-4-10-18-15(12)17/h4-10H,11H2,1-3H3,(H2,17,18). The number of nitrogen functional groups attached to an aromatic ring is 1. The van der Waals surface area contributed by atoms with Crippen molar-refractivity contribution in [1.82, 2.24) is 4.98 Å². The lowest BCUT2D eigenvalue weighted by Gasteiger charge is -2.19. The smallest absolute Gasteiger partial charge is 0.127 e. The summed E-state index contributed by atoms with van der Waals surface area (Å²) in [6.45, 7) is 6.68. The Hall–Kier alpha value is -1.48. The van der Waals surface area contributed by atoms with Gasteiger partial charge in [-0.15, -0.1) is 11.8 Å². The Balaban J connectivity index is 2.03. The van der Waals surface area contributed by atoms with Crippen LogP contribution in [0.25, 0.3) is 0 Å². The Labute approximate surface area is 119 Å². The van der Waals surface area contributed by atoms with Crippen LogP contribution in [0.2, 0.25) is 0 Å². The zero-order valence-corrected chi connectivity index (χ0v) is 12.5. The highest BCUT2D eigenvalue weighted by molar-refractivity contribution is 7.98. The molecular weight excluding hydrogens is 252 g/mol. The van der Waals surface area contributed by atoms with Crippen molar-refractivity contribution in [3.63, 3.8) is 0 Å². The van der Waals surface area contributed by atoms with E-state index in [2.05, 4.69) is 50.0 Å². The normalized spacial score (nSPS) is 11.5. The number of hydrogen-bond donors (Lipinski definition) is 1. The molecule has 2 rings (SSSR count). The SMILES string of the molecule is CC(C)(C)c1ccc(SCc2cccnc2N)cc1. The van der Waals surface area contributed by atoms with Crippen molar-refractivity contribution in [1.29, 1.82) is 0 Å². The van der Waals surface area contributed by atoms with Crippen molar-refractivity contribution in [3.05, 3.63) is 53.7 Å². The average Bonchev–Trinajstić information content (AvgIpc) is 2.37. The van der Waals surface area contributed by atoms with Gasteiger partial charge in [-0.2, -0.15) is 0 Å². The molecule has 1 aromatic heterocycles. The molecular formula is C16H20N2S. The van der Waals surface area contributed by atoms with E-state index in [-0.39, 0.29) is 5.41 Å². The highest BCUT2D eigenvalue weighted by Gasteiger charge is 2.12. The van der Waals surface area contributed by atoms with Crippen LogP contribution in [0.15, 0.2) is 47.5 Å². The second-order valence-electron chi connectivity index (χ2n) is 5.61. The van der Waals surface area contributed by atoms with Crippen molar-refractivity contribution < 1.29 is 0 Å². The summed E-state index contributed by atoms with van der Waals surface area (Å²) in [7, 11) is 0. The Morgan fingerprint density at radius 3 is 2.37 bits per heavy atom. The maximum Gasteiger partial charge on any atom is 0.127 e. The lowest BCUT2D eigenvalue weighted by atomic mass is 9.87. The van der Waals surface area contributed by atoms with E-state index in [1.807, 2.05) is 12.1 Å². The molecule has 0 unspecified atom stereocenters. The molecule has 0 radical (unpaired) electrons. The molecule has 0 aliphatic heterocycles. The molecule has 0 fully saturated rings. The van der Waals surface area contributed by atoms with Gasteiger partial charge >= 0.3 is 0 Å². The molecule has 1 aromatic carbocycles. The quantitative estimate of drug-likeness (QED) is 0.849. The number of hydrogen-bond acceptors (Lipinski definition) is 3. The van der Waals surface area contributed by atoms with E-state index in [4.69, 9.17) is 5.73 Å². The summed E-state index contributed by atoms with van der Waals surface area (Å²) in [5.74, 6) is 1.48. The van der Waals surface area contributed by atoms with Gasteiger partial charge in [0, 0.05) is 22.4 Å². The maximum atomic E-state index is 5.84. The van der Waals surface area contributed by atoms with Gasteiger partial charge < -0.3 is 5.73 Å². The molecule has 0 saturated heterocycles. The van der Waals surface area contributed by atoms with E-state index < -0.39 is 0 Å². The van der Waals surface area contributed by atoms with E-state index in [9.17, 15) is 0 Å². The molecule has 0 amide bonds. The van der Waals surface area contributed by atoms with Crippen LogP contribution in [0.5, 0.6) is 0 Å². The summed E-state index contributed by atoms with van der Waals surface area (Å²) in [5, 5.41) is 0. The summed E-state index contributed by atoms with van der Waals surface area (Å²) in [6, 6.07) is 12.7. The van der Waals surface area contributed by atoms with Crippen LogP contribution >= 0.6 is 11.8 Å². The van der Waals surface area contributed by atoms with Gasteiger partial charge in [-0.25, -0.2) is 4.98 Å². The fraction of sp³-hybridized carbons (Fsp3) is 0.312. The van der Waals surface area contributed by atoms with Crippen molar-refractivity contribution >= 4 is 17.6 Å². The lowest BCUT2D eigenvalue weighted by molar-refractivity contribution is 0.590. The summed E-state index contributed by atoms with van der Waals surface area (Å²) < 4.78 is 0. The van der Waals surface area contributed by atoms with Crippen LogP contribution in [0, 0.1) is 0 Å². The number of nitrogens with zero attached hydrogens (tertiary/aromatic N) is 1. The number of benzene rings is 1. The summed E-state index contributed by atoms with van der Waals surface area (Å²) in [5.41, 5.74) is 8.50. The van der Waals surface area contributed by atoms with Gasteiger partial charge in [-0.1, -0.05) is 39.0 Å². The van der Waals surface area contributed by atoms with Gasteiger partial charge in [0.2, 0.25) is 0 Å². The van der Waals surface area contributed by atoms with Crippen molar-refractivity contribution in [2.24, 2.45) is 0 Å². The first-order valence-corrected chi connectivity index (χ1v) is 7.38. The molecule has 0 saturated carbocycles. The van der Waals surface area contributed by atoms with E-state index in [1.165, 1.54) is 10.5 Å². The topological polar surface area (TPSA) is 38.9 Å². The highest BCUT2D eigenvalue weighted by atomic mass is 32.2. The third-order valence-electron chi connectivity index (χ3n) is 3.04. The van der Waals surface area contributed by atoms with Crippen LogP contribution in [0.1, 0.15) is 31.9 Å². The fourth-order valence-corrected chi connectivity index (χ4v) is 2.68. The number of aromatic nitrogens is 1. The molecule has 1 heterocycles. The summed E-state index contributed by atoms with van der Waals surface area (Å²) in [6.07, 6.45) is 1.72. The molecule has 19 heavy (non-hydrogen) atoms. The number of thioether (sulfide) groups is 1. The predicted octanol–water partition coefficient (Wildman–Crippen LogP) is 4.25. The van der Waals surface area contributed by atoms with E-state index in [1.54, 1.807) is 18.0 Å². The Bertz CT molecular complexity index is 541. The van der Waals surface area contributed by atoms with Gasteiger partial charge in [-0.05, 0) is 29.2 Å². The first kappa shape index (κ1) is 13.9. The predicted molar refractivity (Wildman–Crippen MR) is 83.4 cm³/mol. The molecule has 100 valence electrons. The first-order chi connectivity index (χ1) is 8.97. The molecule has 0 aliphatic carbocycles. The first-order valence-electron chi connectivity index (χ1n) is 6.39. The Kier molecular flexibility index (Phi) is 4.15. The maximum absolute atomic E-state index is 5.84. The largest absolute Gasteiger partial charge is 0.383 e. The molecule has 0 atom stereocenters. The molecule has 3 heteroatoms. The Morgan fingerprint density at radius 2 is 1.79 bits per heavy atom. The minimum Gasteiger partial charge on any atom is -0.383 e. The lowest BCUT2D eigenvalue weighted by Crippen LogP contribution is -2.10. The molecule has 0 aliphatic rings. The van der Waals surface area contributed by atoms with Gasteiger partial charge in [-0.3, -0.25) is 0 Å².